The summed E-state index contributed by atoms with van der Waals surface area (Å²) >= 11 is 0. The number of hydrogen-bond donors (Lipinski definition) is 0. The van der Waals surface area contributed by atoms with Gasteiger partial charge in [-0.15, -0.1) is 0 Å². The van der Waals surface area contributed by atoms with Gasteiger partial charge in [-0.05, 0) is 30.6 Å². The predicted molar refractivity (Wildman–Crippen MR) is 68.2 cm³/mol. The van der Waals surface area contributed by atoms with Crippen molar-refractivity contribution in [1.82, 2.24) is 0 Å². The van der Waals surface area contributed by atoms with E-state index in [0.29, 0.717) is 5.21 Å². The maximum atomic E-state index is 2.43. The lowest BCUT2D eigenvalue weighted by Gasteiger charge is -2.44. The van der Waals surface area contributed by atoms with Crippen LogP contribution in [0.25, 0.3) is 0 Å². The Balaban J connectivity index is 1.96. The summed E-state index contributed by atoms with van der Waals surface area (Å²) in [6, 6.07) is 0. The van der Waals surface area contributed by atoms with Gasteiger partial charge in [-0.3, -0.25) is 0 Å². The van der Waals surface area contributed by atoms with E-state index in [1.165, 1.54) is 38.5 Å². The van der Waals surface area contributed by atoms with Gasteiger partial charge in [-0.25, -0.2) is 0 Å². The molecule has 0 bridgehead atoms. The van der Waals surface area contributed by atoms with Gasteiger partial charge in [-0.1, -0.05) is 44.2 Å². The van der Waals surface area contributed by atoms with Crippen molar-refractivity contribution in [3.8, 4) is 0 Å². The molecule has 2 heteroatoms. The Bertz CT molecular complexity index is 195. The maximum Gasteiger partial charge on any atom is 0.0992 e. The van der Waals surface area contributed by atoms with E-state index in [1.54, 1.807) is 6.42 Å². The summed E-state index contributed by atoms with van der Waals surface area (Å²) in [5, 5.41) is 0.558. The zero-order valence-corrected chi connectivity index (χ0v) is 10.2. The number of rotatable bonds is 1. The van der Waals surface area contributed by atoms with Gasteiger partial charge in [0.2, 0.25) is 0 Å². The highest BCUT2D eigenvalue weighted by Crippen LogP contribution is 2.48. The quantitative estimate of drug-likeness (QED) is 0.554. The predicted octanol–water partition coefficient (Wildman–Crippen LogP) is 2.00. The Labute approximate surface area is 91.0 Å². The fourth-order valence-electron chi connectivity index (χ4n) is 3.66. The van der Waals surface area contributed by atoms with Crippen LogP contribution in [0, 0.1) is 17.8 Å². The first-order valence-corrected chi connectivity index (χ1v) is 6.57. The molecule has 0 heterocycles. The molecule has 0 aromatic rings. The Morgan fingerprint density at radius 2 is 1.57 bits per heavy atom. The van der Waals surface area contributed by atoms with E-state index in [9.17, 15) is 0 Å². The van der Waals surface area contributed by atoms with Crippen molar-refractivity contribution in [2.24, 2.45) is 17.8 Å². The second kappa shape index (κ2) is 3.94. The van der Waals surface area contributed by atoms with E-state index in [1.807, 2.05) is 0 Å². The van der Waals surface area contributed by atoms with Crippen LogP contribution < -0.4 is 0 Å². The SMILES string of the molecule is BC(B)(C)C1CCC2CCCCC2C1. The van der Waals surface area contributed by atoms with Crippen molar-refractivity contribution in [3.63, 3.8) is 0 Å². The first kappa shape index (κ1) is 10.6. The molecule has 0 spiro atoms. The minimum atomic E-state index is 0.558. The van der Waals surface area contributed by atoms with E-state index in [0.717, 1.165) is 17.8 Å². The molecule has 78 valence electrons. The molecule has 0 aliphatic heterocycles. The molecule has 2 rings (SSSR count). The van der Waals surface area contributed by atoms with Crippen LogP contribution in [0.2, 0.25) is 5.21 Å². The molecule has 0 nitrogen and oxygen atoms in total. The fraction of sp³-hybridized carbons (Fsp3) is 1.00. The summed E-state index contributed by atoms with van der Waals surface area (Å²) in [5.41, 5.74) is 0. The minimum Gasteiger partial charge on any atom is -0.0845 e. The van der Waals surface area contributed by atoms with Crippen molar-refractivity contribution >= 4 is 15.7 Å². The lowest BCUT2D eigenvalue weighted by Crippen LogP contribution is -2.33. The van der Waals surface area contributed by atoms with E-state index < -0.39 is 0 Å². The van der Waals surface area contributed by atoms with Gasteiger partial charge in [0, 0.05) is 0 Å². The Hall–Kier alpha value is 0.130. The number of hydrogen-bond acceptors (Lipinski definition) is 0. The van der Waals surface area contributed by atoms with Crippen LogP contribution in [0.3, 0.4) is 0 Å². The van der Waals surface area contributed by atoms with E-state index >= 15 is 0 Å². The van der Waals surface area contributed by atoms with Crippen molar-refractivity contribution in [3.05, 3.63) is 0 Å². The summed E-state index contributed by atoms with van der Waals surface area (Å²) in [6.45, 7) is 2.43. The van der Waals surface area contributed by atoms with Gasteiger partial charge in [0.1, 0.15) is 0 Å². The van der Waals surface area contributed by atoms with Crippen LogP contribution in [0.5, 0.6) is 0 Å². The largest absolute Gasteiger partial charge is 0.0992 e. The van der Waals surface area contributed by atoms with Gasteiger partial charge in [-0.2, -0.15) is 0 Å². The van der Waals surface area contributed by atoms with Crippen LogP contribution in [0.15, 0.2) is 0 Å². The first-order chi connectivity index (χ1) is 6.57. The van der Waals surface area contributed by atoms with E-state index in [4.69, 9.17) is 0 Å². The van der Waals surface area contributed by atoms with Gasteiger partial charge >= 0.3 is 0 Å². The summed E-state index contributed by atoms with van der Waals surface area (Å²) in [4.78, 5) is 0. The molecule has 2 aliphatic carbocycles. The maximum absolute atomic E-state index is 2.43. The standard InChI is InChI=1S/C12H24B2/c1-12(13,14)11-7-6-9-4-2-3-5-10(9)8-11/h9-11H,2-8,13-14H2,1H3. The normalized spacial score (nSPS) is 39.1. The number of fused-ring (bicyclic) bond motifs is 1. The lowest BCUT2D eigenvalue weighted by atomic mass is 9.45. The lowest BCUT2D eigenvalue weighted by molar-refractivity contribution is 0.123. The van der Waals surface area contributed by atoms with Gasteiger partial charge in [0.15, 0.2) is 0 Å². The molecule has 0 radical (unpaired) electrons. The van der Waals surface area contributed by atoms with Crippen LogP contribution in [-0.2, 0) is 0 Å². The smallest absolute Gasteiger partial charge is 0.0845 e. The van der Waals surface area contributed by atoms with E-state index in [-0.39, 0.29) is 0 Å². The highest BCUT2D eigenvalue weighted by atomic mass is 14.4. The van der Waals surface area contributed by atoms with Crippen LogP contribution in [0.1, 0.15) is 51.9 Å². The summed E-state index contributed by atoms with van der Waals surface area (Å²) < 4.78 is 0. The van der Waals surface area contributed by atoms with Gasteiger partial charge < -0.3 is 0 Å². The molecule has 0 aromatic carbocycles. The molecule has 2 saturated carbocycles. The Kier molecular flexibility index (Phi) is 3.00. The molecule has 2 aliphatic rings. The Morgan fingerprint density at radius 1 is 0.929 bits per heavy atom. The second-order valence-corrected chi connectivity index (χ2v) is 6.68. The zero-order valence-electron chi connectivity index (χ0n) is 10.2. The molecule has 3 atom stereocenters. The summed E-state index contributed by atoms with van der Waals surface area (Å²) in [5.74, 6) is 3.21. The molecule has 2 fully saturated rings. The van der Waals surface area contributed by atoms with Gasteiger partial charge in [0.05, 0.1) is 15.7 Å². The third-order valence-corrected chi connectivity index (χ3v) is 4.76. The average molecular weight is 190 g/mol. The second-order valence-electron chi connectivity index (χ2n) is 6.68. The molecule has 3 unspecified atom stereocenters. The molecule has 14 heavy (non-hydrogen) atoms. The fourth-order valence-corrected chi connectivity index (χ4v) is 3.66. The first-order valence-electron chi connectivity index (χ1n) is 6.57. The molecular weight excluding hydrogens is 166 g/mol. The third kappa shape index (κ3) is 2.20. The molecule has 0 amide bonds. The van der Waals surface area contributed by atoms with Crippen LogP contribution in [-0.4, -0.2) is 15.7 Å². The van der Waals surface area contributed by atoms with Crippen molar-refractivity contribution in [1.29, 1.82) is 0 Å². The third-order valence-electron chi connectivity index (χ3n) is 4.76. The monoisotopic (exact) mass is 190 g/mol. The molecule has 0 saturated heterocycles. The topological polar surface area (TPSA) is 0 Å². The van der Waals surface area contributed by atoms with Crippen molar-refractivity contribution < 1.29 is 0 Å². The van der Waals surface area contributed by atoms with Crippen LogP contribution in [0.4, 0.5) is 0 Å². The minimum absolute atomic E-state index is 0.558. The van der Waals surface area contributed by atoms with Gasteiger partial charge in [0.25, 0.3) is 0 Å². The highest BCUT2D eigenvalue weighted by Gasteiger charge is 2.36. The summed E-state index contributed by atoms with van der Waals surface area (Å²) in [6.07, 6.45) is 10.7. The van der Waals surface area contributed by atoms with Crippen molar-refractivity contribution in [2.45, 2.75) is 57.1 Å². The molecular formula is C12H24B2. The average Bonchev–Trinajstić information content (AvgIpc) is 2.16. The van der Waals surface area contributed by atoms with E-state index in [2.05, 4.69) is 22.6 Å². The Morgan fingerprint density at radius 3 is 2.21 bits per heavy atom. The highest BCUT2D eigenvalue weighted by molar-refractivity contribution is 6.39. The summed E-state index contributed by atoms with van der Waals surface area (Å²) in [7, 11) is 4.86. The van der Waals surface area contributed by atoms with Crippen molar-refractivity contribution in [2.75, 3.05) is 0 Å². The molecule has 0 N–H and O–H groups in total. The zero-order chi connectivity index (χ0) is 10.2. The van der Waals surface area contributed by atoms with Crippen LogP contribution >= 0.6 is 0 Å². The molecule has 0 aromatic heterocycles.